The Balaban J connectivity index is 1.51. The summed E-state index contributed by atoms with van der Waals surface area (Å²) in [7, 11) is 2.10. The molecule has 1 saturated heterocycles. The van der Waals surface area contributed by atoms with Gasteiger partial charge in [0.2, 0.25) is 11.7 Å². The van der Waals surface area contributed by atoms with Crippen LogP contribution in [0, 0.1) is 0 Å². The van der Waals surface area contributed by atoms with E-state index in [0.717, 1.165) is 61.2 Å². The van der Waals surface area contributed by atoms with Gasteiger partial charge in [0.05, 0.1) is 16.8 Å². The number of nitrogens with zero attached hydrogens (tertiary/aromatic N) is 6. The van der Waals surface area contributed by atoms with Crippen LogP contribution >= 0.6 is 34.7 Å². The lowest BCUT2D eigenvalue weighted by molar-refractivity contribution is -0.129. The molecule has 0 spiro atoms. The van der Waals surface area contributed by atoms with Crippen molar-refractivity contribution in [3.05, 3.63) is 50.1 Å². The zero-order chi connectivity index (χ0) is 24.1. The van der Waals surface area contributed by atoms with Crippen LogP contribution in [-0.2, 0) is 17.8 Å². The van der Waals surface area contributed by atoms with Crippen molar-refractivity contribution in [2.45, 2.75) is 37.4 Å². The Bertz CT molecular complexity index is 1500. The van der Waals surface area contributed by atoms with E-state index in [1.807, 2.05) is 21.4 Å². The minimum Gasteiger partial charge on any atom is -0.342 e. The first-order valence-corrected chi connectivity index (χ1v) is 14.0. The van der Waals surface area contributed by atoms with Gasteiger partial charge in [-0.2, -0.15) is 0 Å². The zero-order valence-electron chi connectivity index (χ0n) is 19.4. The van der Waals surface area contributed by atoms with E-state index >= 15 is 0 Å². The van der Waals surface area contributed by atoms with Crippen molar-refractivity contribution in [3.63, 3.8) is 0 Å². The second kappa shape index (κ2) is 9.24. The number of halogens is 1. The molecule has 2 aliphatic rings. The van der Waals surface area contributed by atoms with E-state index in [1.165, 1.54) is 23.1 Å². The number of amides is 1. The van der Waals surface area contributed by atoms with E-state index in [2.05, 4.69) is 22.1 Å². The van der Waals surface area contributed by atoms with E-state index in [4.69, 9.17) is 11.6 Å². The number of thioether (sulfide) groups is 1. The maximum absolute atomic E-state index is 13.9. The SMILES string of the molecule is CN1CCc2c(sc3c2c(=O)n(-c2cccc(Cl)c2)c2nnc(SCC(=O)N4CCCCC4)n32)C1. The third-order valence-electron chi connectivity index (χ3n) is 6.77. The van der Waals surface area contributed by atoms with E-state index in [-0.39, 0.29) is 11.5 Å². The molecule has 4 aromatic rings. The maximum atomic E-state index is 13.9. The Morgan fingerprint density at radius 3 is 2.80 bits per heavy atom. The van der Waals surface area contributed by atoms with Crippen LogP contribution in [0.2, 0.25) is 5.02 Å². The summed E-state index contributed by atoms with van der Waals surface area (Å²) in [6.07, 6.45) is 4.13. The molecule has 0 N–H and O–H groups in total. The standard InChI is InChI=1S/C24H25ClN6O2S2/c1-28-11-8-17-18(13-28)35-22-20(17)21(33)30(16-7-5-6-15(25)12-16)23-26-27-24(31(22)23)34-14-19(32)29-9-3-2-4-10-29/h5-7,12H,2-4,8-11,13-14H2,1H3. The minimum absolute atomic E-state index is 0.106. The summed E-state index contributed by atoms with van der Waals surface area (Å²) in [6.45, 7) is 3.36. The number of piperidine rings is 1. The van der Waals surface area contributed by atoms with Gasteiger partial charge in [-0.25, -0.2) is 8.97 Å². The van der Waals surface area contributed by atoms with Gasteiger partial charge in [0, 0.05) is 36.1 Å². The van der Waals surface area contributed by atoms with Crippen LogP contribution in [0.3, 0.4) is 0 Å². The molecule has 0 aliphatic carbocycles. The van der Waals surface area contributed by atoms with Gasteiger partial charge in [-0.1, -0.05) is 29.4 Å². The third kappa shape index (κ3) is 4.06. The highest BCUT2D eigenvalue weighted by atomic mass is 35.5. The fourth-order valence-corrected chi connectivity index (χ4v) is 7.48. The Labute approximate surface area is 215 Å². The number of hydrogen-bond acceptors (Lipinski definition) is 7. The van der Waals surface area contributed by atoms with Gasteiger partial charge < -0.3 is 9.80 Å². The highest BCUT2D eigenvalue weighted by Crippen LogP contribution is 2.35. The van der Waals surface area contributed by atoms with Crippen LogP contribution in [0.25, 0.3) is 21.7 Å². The Morgan fingerprint density at radius 2 is 2.00 bits per heavy atom. The van der Waals surface area contributed by atoms with Gasteiger partial charge in [-0.15, -0.1) is 21.5 Å². The van der Waals surface area contributed by atoms with Crippen molar-refractivity contribution in [1.82, 2.24) is 29.0 Å². The molecule has 6 rings (SSSR count). The summed E-state index contributed by atoms with van der Waals surface area (Å²) in [5.41, 5.74) is 1.65. The molecular formula is C24H25ClN6O2S2. The number of carbonyl (C=O) groups excluding carboxylic acids is 1. The zero-order valence-corrected chi connectivity index (χ0v) is 21.8. The number of thiophene rings is 1. The first kappa shape index (κ1) is 23.0. The van der Waals surface area contributed by atoms with Crippen LogP contribution < -0.4 is 5.56 Å². The number of hydrogen-bond donors (Lipinski definition) is 0. The number of benzene rings is 1. The fraction of sp³-hybridized carbons (Fsp3) is 0.417. The molecule has 35 heavy (non-hydrogen) atoms. The molecule has 0 atom stereocenters. The number of aromatic nitrogens is 4. The van der Waals surface area contributed by atoms with Crippen LogP contribution in [0.1, 0.15) is 29.7 Å². The van der Waals surface area contributed by atoms with E-state index in [9.17, 15) is 9.59 Å². The van der Waals surface area contributed by atoms with Gasteiger partial charge in [-0.3, -0.25) is 9.59 Å². The van der Waals surface area contributed by atoms with E-state index in [0.29, 0.717) is 27.4 Å². The first-order valence-electron chi connectivity index (χ1n) is 11.8. The number of carbonyl (C=O) groups is 1. The van der Waals surface area contributed by atoms with Gasteiger partial charge in [0.25, 0.3) is 5.56 Å². The number of rotatable bonds is 4. The van der Waals surface area contributed by atoms with Gasteiger partial charge >= 0.3 is 0 Å². The summed E-state index contributed by atoms with van der Waals surface area (Å²) in [5.74, 6) is 0.856. The first-order chi connectivity index (χ1) is 17.0. The second-order valence-electron chi connectivity index (χ2n) is 9.14. The summed E-state index contributed by atoms with van der Waals surface area (Å²) >= 11 is 9.30. The molecule has 0 saturated carbocycles. The van der Waals surface area contributed by atoms with Gasteiger partial charge in [-0.05, 0) is 56.5 Å². The summed E-state index contributed by atoms with van der Waals surface area (Å²) in [4.78, 5) is 33.0. The second-order valence-corrected chi connectivity index (χ2v) is 11.6. The quantitative estimate of drug-likeness (QED) is 0.375. The van der Waals surface area contributed by atoms with Crippen LogP contribution in [0.5, 0.6) is 0 Å². The molecule has 3 aromatic heterocycles. The molecule has 1 amide bonds. The monoisotopic (exact) mass is 528 g/mol. The van der Waals surface area contributed by atoms with Crippen molar-refractivity contribution >= 4 is 56.6 Å². The highest BCUT2D eigenvalue weighted by molar-refractivity contribution is 7.99. The summed E-state index contributed by atoms with van der Waals surface area (Å²) in [6, 6.07) is 7.23. The molecule has 0 radical (unpaired) electrons. The summed E-state index contributed by atoms with van der Waals surface area (Å²) in [5, 5.41) is 10.8. The Hall–Kier alpha value is -2.40. The molecular weight excluding hydrogens is 504 g/mol. The van der Waals surface area contributed by atoms with Crippen molar-refractivity contribution < 1.29 is 4.79 Å². The number of likely N-dealkylation sites (N-methyl/N-ethyl adjacent to an activating group) is 1. The molecule has 0 bridgehead atoms. The highest BCUT2D eigenvalue weighted by Gasteiger charge is 2.27. The van der Waals surface area contributed by atoms with Crippen molar-refractivity contribution in [2.75, 3.05) is 32.4 Å². The smallest absolute Gasteiger partial charge is 0.268 e. The molecule has 2 aliphatic heterocycles. The number of fused-ring (bicyclic) bond motifs is 5. The Kier molecular flexibility index (Phi) is 6.08. The third-order valence-corrected chi connectivity index (χ3v) is 9.12. The van der Waals surface area contributed by atoms with Crippen molar-refractivity contribution in [1.29, 1.82) is 0 Å². The van der Waals surface area contributed by atoms with E-state index in [1.54, 1.807) is 28.0 Å². The van der Waals surface area contributed by atoms with E-state index < -0.39 is 0 Å². The molecule has 0 unspecified atom stereocenters. The van der Waals surface area contributed by atoms with Gasteiger partial charge in [0.15, 0.2) is 5.16 Å². The lowest BCUT2D eigenvalue weighted by atomic mass is 10.1. The van der Waals surface area contributed by atoms with Crippen molar-refractivity contribution in [3.8, 4) is 5.69 Å². The van der Waals surface area contributed by atoms with Crippen LogP contribution in [-0.4, -0.2) is 67.3 Å². The van der Waals surface area contributed by atoms with Crippen LogP contribution in [0.15, 0.2) is 34.2 Å². The Morgan fingerprint density at radius 1 is 1.17 bits per heavy atom. The summed E-state index contributed by atoms with van der Waals surface area (Å²) < 4.78 is 3.55. The predicted octanol–water partition coefficient (Wildman–Crippen LogP) is 3.84. The van der Waals surface area contributed by atoms with Crippen molar-refractivity contribution in [2.24, 2.45) is 0 Å². The molecule has 5 heterocycles. The molecule has 1 fully saturated rings. The fourth-order valence-electron chi connectivity index (χ4n) is 4.98. The number of likely N-dealkylation sites (tertiary alicyclic amines) is 1. The largest absolute Gasteiger partial charge is 0.342 e. The minimum atomic E-state index is -0.106. The predicted molar refractivity (Wildman–Crippen MR) is 140 cm³/mol. The molecule has 1 aromatic carbocycles. The maximum Gasteiger partial charge on any atom is 0.268 e. The molecule has 8 nitrogen and oxygen atoms in total. The van der Waals surface area contributed by atoms with Gasteiger partial charge in [0.1, 0.15) is 4.83 Å². The topological polar surface area (TPSA) is 75.7 Å². The lowest BCUT2D eigenvalue weighted by Gasteiger charge is -2.26. The van der Waals surface area contributed by atoms with Crippen LogP contribution in [0.4, 0.5) is 0 Å². The lowest BCUT2D eigenvalue weighted by Crippen LogP contribution is -2.36. The average molecular weight is 529 g/mol. The average Bonchev–Trinajstić information content (AvgIpc) is 3.44. The normalized spacial score (nSPS) is 16.8. The molecule has 182 valence electrons. The molecule has 11 heteroatoms.